The number of rotatable bonds is 4. The monoisotopic (exact) mass is 467 g/mol. The largest absolute Gasteiger partial charge is 0.367 e. The summed E-state index contributed by atoms with van der Waals surface area (Å²) in [6.07, 6.45) is 2.58. The molecule has 33 heavy (non-hydrogen) atoms. The van der Waals surface area contributed by atoms with E-state index in [1.807, 2.05) is 17.9 Å². The lowest BCUT2D eigenvalue weighted by molar-refractivity contribution is 0.0777. The molecule has 2 aliphatic rings. The highest BCUT2D eigenvalue weighted by Gasteiger charge is 2.37. The first-order valence-electron chi connectivity index (χ1n) is 11.2. The van der Waals surface area contributed by atoms with Gasteiger partial charge in [-0.25, -0.2) is 16.8 Å². The summed E-state index contributed by atoms with van der Waals surface area (Å²) in [6.45, 7) is 4.49. The number of hydrogen-bond donors (Lipinski definition) is 0. The number of fused-ring (bicyclic) bond motifs is 1. The Morgan fingerprint density at radius 1 is 0.939 bits per heavy atom. The van der Waals surface area contributed by atoms with E-state index in [1.165, 1.54) is 16.2 Å². The molecule has 1 fully saturated rings. The van der Waals surface area contributed by atoms with Crippen LogP contribution in [-0.2, 0) is 16.4 Å². The van der Waals surface area contributed by atoms with Crippen LogP contribution in [-0.4, -0.2) is 55.3 Å². The Morgan fingerprint density at radius 3 is 2.33 bits per heavy atom. The van der Waals surface area contributed by atoms with Crippen molar-refractivity contribution in [3.63, 3.8) is 0 Å². The van der Waals surface area contributed by atoms with Crippen LogP contribution in [0.3, 0.4) is 0 Å². The second-order valence-corrected chi connectivity index (χ2v) is 10.5. The van der Waals surface area contributed by atoms with Crippen LogP contribution in [0.5, 0.6) is 0 Å². The molecule has 0 radical (unpaired) electrons. The number of carbonyl (C=O) groups excluding carboxylic acids is 1. The molecule has 6 nitrogen and oxygen atoms in total. The van der Waals surface area contributed by atoms with Crippen molar-refractivity contribution in [2.24, 2.45) is 0 Å². The lowest BCUT2D eigenvalue weighted by Crippen LogP contribution is -2.54. The Morgan fingerprint density at radius 2 is 1.64 bits per heavy atom. The summed E-state index contributed by atoms with van der Waals surface area (Å²) >= 11 is 0. The van der Waals surface area contributed by atoms with E-state index in [4.69, 9.17) is 0 Å². The molecule has 0 unspecified atom stereocenters. The fourth-order valence-electron chi connectivity index (χ4n) is 4.88. The van der Waals surface area contributed by atoms with Crippen molar-refractivity contribution in [3.05, 3.63) is 83.4 Å². The summed E-state index contributed by atoms with van der Waals surface area (Å²) < 4.78 is 41.7. The number of aryl methyl sites for hydroxylation is 1. The summed E-state index contributed by atoms with van der Waals surface area (Å²) in [5, 5.41) is 0. The topological polar surface area (TPSA) is 62.6 Å². The molecule has 3 aromatic rings. The number of ketones is 1. The zero-order chi connectivity index (χ0) is 23.2. The second kappa shape index (κ2) is 8.43. The number of carbonyl (C=O) groups is 1. The van der Waals surface area contributed by atoms with Gasteiger partial charge in [-0.3, -0.25) is 9.69 Å². The van der Waals surface area contributed by atoms with Gasteiger partial charge in [0.05, 0.1) is 16.6 Å². The third-order valence-corrected chi connectivity index (χ3v) is 8.43. The van der Waals surface area contributed by atoms with E-state index in [9.17, 15) is 17.6 Å². The van der Waals surface area contributed by atoms with Gasteiger partial charge in [-0.15, -0.1) is 0 Å². The van der Waals surface area contributed by atoms with Crippen LogP contribution in [0.1, 0.15) is 28.0 Å². The molecule has 5 rings (SSSR count). The Balaban J connectivity index is 1.33. The van der Waals surface area contributed by atoms with Gasteiger partial charge in [-0.1, -0.05) is 29.8 Å². The summed E-state index contributed by atoms with van der Waals surface area (Å²) in [4.78, 5) is 17.7. The van der Waals surface area contributed by atoms with Crippen molar-refractivity contribution in [1.82, 2.24) is 8.87 Å². The van der Waals surface area contributed by atoms with Crippen LogP contribution < -0.4 is 4.90 Å². The van der Waals surface area contributed by atoms with Gasteiger partial charge in [0.15, 0.2) is 5.78 Å². The molecule has 1 aliphatic carbocycles. The van der Waals surface area contributed by atoms with Crippen LogP contribution in [0.4, 0.5) is 10.1 Å². The summed E-state index contributed by atoms with van der Waals surface area (Å²) in [7, 11) is -3.75. The zero-order valence-electron chi connectivity index (χ0n) is 18.4. The first kappa shape index (κ1) is 21.9. The molecular weight excluding hydrogens is 441 g/mol. The smallest absolute Gasteiger partial charge is 0.267 e. The highest BCUT2D eigenvalue weighted by atomic mass is 32.2. The minimum Gasteiger partial charge on any atom is -0.367 e. The molecule has 1 atom stereocenters. The Hall–Kier alpha value is -2.97. The average molecular weight is 468 g/mol. The third-order valence-electron chi connectivity index (χ3n) is 6.70. The number of benzene rings is 2. The zero-order valence-corrected chi connectivity index (χ0v) is 19.3. The molecule has 1 aromatic heterocycles. The van der Waals surface area contributed by atoms with Crippen LogP contribution in [0.25, 0.3) is 0 Å². The Labute approximate surface area is 193 Å². The predicted octanol–water partition coefficient (Wildman–Crippen LogP) is 3.49. The van der Waals surface area contributed by atoms with Crippen LogP contribution in [0.2, 0.25) is 0 Å². The van der Waals surface area contributed by atoms with Crippen molar-refractivity contribution in [2.75, 3.05) is 31.1 Å². The van der Waals surface area contributed by atoms with E-state index in [0.29, 0.717) is 56.0 Å². The molecule has 172 valence electrons. The number of para-hydroxylation sites is 1. The lowest BCUT2D eigenvalue weighted by atomic mass is 9.90. The summed E-state index contributed by atoms with van der Waals surface area (Å²) in [6, 6.07) is 14.8. The first-order chi connectivity index (χ1) is 15.9. The fourth-order valence-corrected chi connectivity index (χ4v) is 6.29. The van der Waals surface area contributed by atoms with Crippen molar-refractivity contribution < 1.29 is 17.6 Å². The molecule has 8 heteroatoms. The van der Waals surface area contributed by atoms with Crippen molar-refractivity contribution >= 4 is 21.5 Å². The molecule has 1 aliphatic heterocycles. The molecule has 2 aromatic carbocycles. The number of Topliss-reactive ketones (excluding diaryl/α,β-unsaturated/α-hetero) is 1. The van der Waals surface area contributed by atoms with Crippen molar-refractivity contribution in [3.8, 4) is 0 Å². The molecule has 0 spiro atoms. The van der Waals surface area contributed by atoms with E-state index in [0.717, 1.165) is 5.56 Å². The minimum absolute atomic E-state index is 0.0338. The minimum atomic E-state index is -3.75. The van der Waals surface area contributed by atoms with Crippen molar-refractivity contribution in [2.45, 2.75) is 30.7 Å². The SMILES string of the molecule is Cc1ccc(S(=O)(=O)n2ccc3c2CC[C@H](N2CCN(c4ccccc4F)CC2)C3=O)cc1. The molecule has 0 bridgehead atoms. The van der Waals surface area contributed by atoms with Crippen LogP contribution in [0, 0.1) is 12.7 Å². The van der Waals surface area contributed by atoms with E-state index >= 15 is 0 Å². The maximum atomic E-state index is 14.1. The standard InChI is InChI=1S/C25H26FN3O3S/c1-18-6-8-19(9-7-18)33(31,32)29-13-12-20-22(29)10-11-24(25(20)30)28-16-14-27(15-17-28)23-5-3-2-4-21(23)26/h2-9,12-13,24H,10-11,14-17H2,1H3/t24-/m0/s1. The first-order valence-corrected chi connectivity index (χ1v) is 12.6. The molecule has 0 saturated carbocycles. The summed E-state index contributed by atoms with van der Waals surface area (Å²) in [5.41, 5.74) is 2.62. The van der Waals surface area contributed by atoms with Gasteiger partial charge in [-0.2, -0.15) is 0 Å². The highest BCUT2D eigenvalue weighted by molar-refractivity contribution is 7.90. The van der Waals surface area contributed by atoms with E-state index in [1.54, 1.807) is 42.5 Å². The Bertz CT molecular complexity index is 1290. The quantitative estimate of drug-likeness (QED) is 0.588. The molecule has 2 heterocycles. The second-order valence-electron chi connectivity index (χ2n) is 8.68. The predicted molar refractivity (Wildman–Crippen MR) is 125 cm³/mol. The average Bonchev–Trinajstić information content (AvgIpc) is 3.26. The van der Waals surface area contributed by atoms with E-state index in [2.05, 4.69) is 4.90 Å². The van der Waals surface area contributed by atoms with E-state index < -0.39 is 10.0 Å². The number of anilines is 1. The number of nitrogens with zero attached hydrogens (tertiary/aromatic N) is 3. The van der Waals surface area contributed by atoms with Crippen LogP contribution in [0.15, 0.2) is 65.7 Å². The van der Waals surface area contributed by atoms with E-state index in [-0.39, 0.29) is 22.5 Å². The normalized spacial score (nSPS) is 19.5. The Kier molecular flexibility index (Phi) is 5.58. The van der Waals surface area contributed by atoms with Gasteiger partial charge in [-0.05, 0) is 50.1 Å². The van der Waals surface area contributed by atoms with Gasteiger partial charge >= 0.3 is 0 Å². The number of halogens is 1. The van der Waals surface area contributed by atoms with Gasteiger partial charge < -0.3 is 4.90 Å². The van der Waals surface area contributed by atoms with Crippen molar-refractivity contribution in [1.29, 1.82) is 0 Å². The molecule has 1 saturated heterocycles. The van der Waals surface area contributed by atoms with Gasteiger partial charge in [0.1, 0.15) is 5.82 Å². The van der Waals surface area contributed by atoms with Gasteiger partial charge in [0.25, 0.3) is 10.0 Å². The maximum Gasteiger partial charge on any atom is 0.267 e. The fraction of sp³-hybridized carbons (Fsp3) is 0.320. The van der Waals surface area contributed by atoms with Crippen LogP contribution >= 0.6 is 0 Å². The third kappa shape index (κ3) is 3.87. The molecular formula is C25H26FN3O3S. The molecule has 0 N–H and O–H groups in total. The maximum absolute atomic E-state index is 14.1. The number of piperazine rings is 1. The van der Waals surface area contributed by atoms with Gasteiger partial charge in [0.2, 0.25) is 0 Å². The lowest BCUT2D eigenvalue weighted by Gasteiger charge is -2.40. The molecule has 0 amide bonds. The van der Waals surface area contributed by atoms with Gasteiger partial charge in [0, 0.05) is 43.6 Å². The highest BCUT2D eigenvalue weighted by Crippen LogP contribution is 2.30. The summed E-state index contributed by atoms with van der Waals surface area (Å²) in [5.74, 6) is -0.270. The number of aromatic nitrogens is 1. The number of hydrogen-bond acceptors (Lipinski definition) is 5.